The fourth-order valence-corrected chi connectivity index (χ4v) is 7.38. The molecule has 0 amide bonds. The Labute approximate surface area is 253 Å². The number of likely N-dealkylation sites (N-methyl/N-ethyl adjacent to an activating group) is 1. The second-order valence-electron chi connectivity index (χ2n) is 12.7. The fourth-order valence-electron chi connectivity index (χ4n) is 7.38. The zero-order valence-electron chi connectivity index (χ0n) is 25.1. The van der Waals surface area contributed by atoms with E-state index in [1.54, 1.807) is 13.1 Å². The van der Waals surface area contributed by atoms with Crippen molar-refractivity contribution >= 4 is 27.5 Å². The molecule has 2 bridgehead atoms. The van der Waals surface area contributed by atoms with Crippen LogP contribution in [0.25, 0.3) is 32.9 Å². The number of benzene rings is 2. The van der Waals surface area contributed by atoms with E-state index in [2.05, 4.69) is 4.98 Å². The Morgan fingerprint density at radius 2 is 1.95 bits per heavy atom. The number of rotatable bonds is 5. The Balaban J connectivity index is 1.47. The normalized spacial score (nSPS) is 26.7. The predicted molar refractivity (Wildman–Crippen MR) is 162 cm³/mol. The van der Waals surface area contributed by atoms with Crippen LogP contribution < -0.4 is 9.64 Å². The molecular weight excluding hydrogens is 571 g/mol. The highest BCUT2D eigenvalue weighted by Gasteiger charge is 2.42. The molecule has 2 N–H and O–H groups in total. The summed E-state index contributed by atoms with van der Waals surface area (Å²) in [4.78, 5) is 18.0. The molecular formula is C33H36F3N5O3. The van der Waals surface area contributed by atoms with Gasteiger partial charge in [-0.15, -0.1) is 0 Å². The van der Waals surface area contributed by atoms with Gasteiger partial charge in [0.05, 0.1) is 23.2 Å². The molecule has 7 rings (SSSR count). The maximum Gasteiger partial charge on any atom is 0.320 e. The average molecular weight is 608 g/mol. The summed E-state index contributed by atoms with van der Waals surface area (Å²) >= 11 is 0. The molecule has 4 aromatic rings. The van der Waals surface area contributed by atoms with Crippen LogP contribution >= 0.6 is 0 Å². The molecule has 5 atom stereocenters. The first-order valence-corrected chi connectivity index (χ1v) is 15.4. The molecule has 11 heteroatoms. The Hall–Kier alpha value is -3.70. The number of aliphatic hydroxyl groups excluding tert-OH is 1. The molecule has 3 aliphatic rings. The minimum Gasteiger partial charge on any atom is -0.508 e. The topological polar surface area (TPSA) is 94.8 Å². The molecule has 0 saturated carbocycles. The van der Waals surface area contributed by atoms with Crippen LogP contribution in [-0.4, -0.2) is 74.7 Å². The van der Waals surface area contributed by atoms with Crippen molar-refractivity contribution in [2.45, 2.75) is 70.3 Å². The first kappa shape index (κ1) is 29.0. The number of phenols is 1. The third-order valence-electron chi connectivity index (χ3n) is 9.95. The van der Waals surface area contributed by atoms with E-state index in [1.165, 1.54) is 18.2 Å². The lowest BCUT2D eigenvalue weighted by Crippen LogP contribution is -2.55. The van der Waals surface area contributed by atoms with Gasteiger partial charge in [0, 0.05) is 31.6 Å². The number of hydrogen-bond donors (Lipinski definition) is 2. The van der Waals surface area contributed by atoms with E-state index in [-0.39, 0.29) is 47.6 Å². The van der Waals surface area contributed by atoms with Crippen molar-refractivity contribution in [1.29, 1.82) is 0 Å². The summed E-state index contributed by atoms with van der Waals surface area (Å²) in [5.41, 5.74) is 0.389. The lowest BCUT2D eigenvalue weighted by Gasteiger charge is -2.45. The van der Waals surface area contributed by atoms with Gasteiger partial charge < -0.3 is 19.8 Å². The maximum absolute atomic E-state index is 16.9. The number of phenolic OH excluding ortho intramolecular Hbond substituents is 1. The van der Waals surface area contributed by atoms with Crippen molar-refractivity contribution in [3.63, 3.8) is 0 Å². The summed E-state index contributed by atoms with van der Waals surface area (Å²) in [6.45, 7) is 4.50. The van der Waals surface area contributed by atoms with E-state index in [0.717, 1.165) is 12.8 Å². The van der Waals surface area contributed by atoms with Gasteiger partial charge in [-0.05, 0) is 80.0 Å². The SMILES string of the molecule is CCc1c(F)ccc2cc(O)cc(-c3nc4c5c(nc(OC6[C@@H]7CCCN6C[C@H](F)C7)nc5c3F)N(C)[C@@](C)(CO)CC4)c12. The molecule has 2 unspecified atom stereocenters. The smallest absolute Gasteiger partial charge is 0.320 e. The first-order valence-electron chi connectivity index (χ1n) is 15.4. The number of anilines is 1. The van der Waals surface area contributed by atoms with Crippen LogP contribution in [0.2, 0.25) is 0 Å². The van der Waals surface area contributed by atoms with Crippen LogP contribution in [0.15, 0.2) is 24.3 Å². The van der Waals surface area contributed by atoms with Crippen LogP contribution in [0.4, 0.5) is 19.0 Å². The van der Waals surface area contributed by atoms with Crippen LogP contribution in [0.5, 0.6) is 11.8 Å². The van der Waals surface area contributed by atoms with Crippen molar-refractivity contribution in [2.75, 3.05) is 31.6 Å². The standard InChI is InChI=1S/C33H36F3N5O3/c1-4-21-23(35)8-7-17-13-20(43)14-22(25(17)21)28-27(36)29-26-24(37-28)9-10-33(2,16-42)40(3)30(26)39-32(38-29)44-31-18-6-5-11-41(31)15-19(34)12-18/h7-8,13-14,18-19,31,42-43H,4-6,9-12,15-16H2,1-3H3/t18-,19-,31?,33-/m1/s1. The lowest BCUT2D eigenvalue weighted by molar-refractivity contribution is -0.0989. The van der Waals surface area contributed by atoms with Crippen molar-refractivity contribution < 1.29 is 28.1 Å². The van der Waals surface area contributed by atoms with Crippen molar-refractivity contribution in [3.05, 3.63) is 47.2 Å². The Bertz CT molecular complexity index is 1770. The summed E-state index contributed by atoms with van der Waals surface area (Å²) in [6, 6.07) is 5.81. The predicted octanol–water partition coefficient (Wildman–Crippen LogP) is 5.68. The van der Waals surface area contributed by atoms with Crippen molar-refractivity contribution in [1.82, 2.24) is 19.9 Å². The molecule has 2 fully saturated rings. The number of aromatic nitrogens is 3. The minimum absolute atomic E-state index is 0.00989. The minimum atomic E-state index is -0.928. The van der Waals surface area contributed by atoms with E-state index in [1.807, 2.05) is 23.6 Å². The Morgan fingerprint density at radius 1 is 1.14 bits per heavy atom. The zero-order valence-corrected chi connectivity index (χ0v) is 25.1. The average Bonchev–Trinajstić information content (AvgIpc) is 3.10. The maximum atomic E-state index is 16.9. The zero-order chi connectivity index (χ0) is 30.9. The van der Waals surface area contributed by atoms with Gasteiger partial charge in [0.1, 0.15) is 34.8 Å². The molecule has 0 spiro atoms. The van der Waals surface area contributed by atoms with Gasteiger partial charge in [-0.1, -0.05) is 13.0 Å². The highest BCUT2D eigenvalue weighted by molar-refractivity contribution is 6.02. The number of aliphatic hydroxyl groups is 1. The number of nitrogens with zero attached hydrogens (tertiary/aromatic N) is 5. The van der Waals surface area contributed by atoms with E-state index in [9.17, 15) is 14.6 Å². The molecule has 3 aliphatic heterocycles. The lowest BCUT2D eigenvalue weighted by atomic mass is 9.86. The Morgan fingerprint density at radius 3 is 2.70 bits per heavy atom. The number of aromatic hydroxyl groups is 1. The third kappa shape index (κ3) is 4.54. The molecule has 2 saturated heterocycles. The van der Waals surface area contributed by atoms with Crippen LogP contribution in [0, 0.1) is 17.6 Å². The fraction of sp³-hybridized carbons (Fsp3) is 0.485. The summed E-state index contributed by atoms with van der Waals surface area (Å²) in [5.74, 6) is -0.926. The van der Waals surface area contributed by atoms with Crippen molar-refractivity contribution in [2.24, 2.45) is 5.92 Å². The first-order chi connectivity index (χ1) is 21.1. The molecule has 2 aromatic heterocycles. The number of halogens is 3. The molecule has 232 valence electrons. The van der Waals surface area contributed by atoms with Gasteiger partial charge in [-0.2, -0.15) is 9.97 Å². The molecule has 5 heterocycles. The van der Waals surface area contributed by atoms with Crippen LogP contribution in [0.3, 0.4) is 0 Å². The van der Waals surface area contributed by atoms with Gasteiger partial charge in [0.15, 0.2) is 12.0 Å². The van der Waals surface area contributed by atoms with E-state index < -0.39 is 29.6 Å². The second-order valence-corrected chi connectivity index (χ2v) is 12.7. The molecule has 0 radical (unpaired) electrons. The van der Waals surface area contributed by atoms with Gasteiger partial charge in [-0.25, -0.2) is 18.2 Å². The quantitative estimate of drug-likeness (QED) is 0.299. The number of fused-ring (bicyclic) bond motifs is 3. The summed E-state index contributed by atoms with van der Waals surface area (Å²) in [6.07, 6.45) is 2.03. The molecule has 0 aliphatic carbocycles. The number of piperidine rings is 2. The highest BCUT2D eigenvalue weighted by Crippen LogP contribution is 2.43. The number of aryl methyl sites for hydroxylation is 2. The van der Waals surface area contributed by atoms with E-state index in [0.29, 0.717) is 65.5 Å². The van der Waals surface area contributed by atoms with E-state index >= 15 is 8.78 Å². The van der Waals surface area contributed by atoms with Gasteiger partial charge in [0.25, 0.3) is 0 Å². The van der Waals surface area contributed by atoms with Crippen molar-refractivity contribution in [3.8, 4) is 23.0 Å². The van der Waals surface area contributed by atoms with E-state index in [4.69, 9.17) is 14.7 Å². The van der Waals surface area contributed by atoms with Crippen LogP contribution in [-0.2, 0) is 12.8 Å². The largest absolute Gasteiger partial charge is 0.508 e. The van der Waals surface area contributed by atoms with Crippen LogP contribution in [0.1, 0.15) is 50.8 Å². The Kier molecular flexibility index (Phi) is 7.08. The summed E-state index contributed by atoms with van der Waals surface area (Å²) in [7, 11) is 1.80. The summed E-state index contributed by atoms with van der Waals surface area (Å²) in [5, 5.41) is 22.5. The second kappa shape index (κ2) is 10.7. The van der Waals surface area contributed by atoms with Gasteiger partial charge in [0.2, 0.25) is 0 Å². The third-order valence-corrected chi connectivity index (χ3v) is 9.95. The monoisotopic (exact) mass is 607 g/mol. The number of ether oxygens (including phenoxy) is 1. The number of pyridine rings is 1. The highest BCUT2D eigenvalue weighted by atomic mass is 19.1. The molecule has 8 nitrogen and oxygen atoms in total. The van der Waals surface area contributed by atoms with Gasteiger partial charge >= 0.3 is 6.01 Å². The van der Waals surface area contributed by atoms with Gasteiger partial charge in [-0.3, -0.25) is 4.90 Å². The summed E-state index contributed by atoms with van der Waals surface area (Å²) < 4.78 is 52.8. The number of alkyl halides is 1. The number of hydrogen-bond acceptors (Lipinski definition) is 8. The molecule has 44 heavy (non-hydrogen) atoms. The molecule has 2 aromatic carbocycles.